The molecule has 0 spiro atoms. The van der Waals surface area contributed by atoms with Crippen molar-refractivity contribution >= 4 is 23.2 Å². The van der Waals surface area contributed by atoms with Gasteiger partial charge in [0, 0.05) is 11.3 Å². The molecule has 0 aliphatic carbocycles. The maximum absolute atomic E-state index is 12.2. The second-order valence-electron chi connectivity index (χ2n) is 5.57. The minimum atomic E-state index is -0.265. The summed E-state index contributed by atoms with van der Waals surface area (Å²) in [5.41, 5.74) is 1.37. The summed E-state index contributed by atoms with van der Waals surface area (Å²) in [7, 11) is 1.58. The van der Waals surface area contributed by atoms with Crippen LogP contribution in [0.5, 0.6) is 11.5 Å². The number of aromatic nitrogens is 2. The van der Waals surface area contributed by atoms with Crippen molar-refractivity contribution in [2.45, 2.75) is 6.92 Å². The van der Waals surface area contributed by atoms with Gasteiger partial charge in [-0.1, -0.05) is 0 Å². The van der Waals surface area contributed by atoms with Gasteiger partial charge in [0.1, 0.15) is 11.5 Å². The molecule has 3 aromatic rings. The molecule has 3 rings (SSSR count). The summed E-state index contributed by atoms with van der Waals surface area (Å²) in [5, 5.41) is 14.0. The number of benzene rings is 2. The second kappa shape index (κ2) is 8.66. The SMILES string of the molecule is CCOc1ccc(Nc2ccc(NC(=O)c3ccc(OC)cc3)nn2)cc1. The average molecular weight is 364 g/mol. The van der Waals surface area contributed by atoms with Crippen LogP contribution in [0, 0.1) is 0 Å². The molecule has 2 N–H and O–H groups in total. The van der Waals surface area contributed by atoms with Gasteiger partial charge in [-0.25, -0.2) is 0 Å². The zero-order valence-corrected chi connectivity index (χ0v) is 15.1. The summed E-state index contributed by atoms with van der Waals surface area (Å²) in [4.78, 5) is 12.2. The molecule has 0 aliphatic rings. The molecule has 0 saturated heterocycles. The van der Waals surface area contributed by atoms with Crippen molar-refractivity contribution in [1.29, 1.82) is 0 Å². The molecule has 0 radical (unpaired) electrons. The van der Waals surface area contributed by atoms with Gasteiger partial charge in [-0.3, -0.25) is 4.79 Å². The Labute approximate surface area is 157 Å². The van der Waals surface area contributed by atoms with E-state index in [-0.39, 0.29) is 5.91 Å². The van der Waals surface area contributed by atoms with Crippen LogP contribution in [-0.2, 0) is 0 Å². The van der Waals surface area contributed by atoms with Crippen LogP contribution in [0.2, 0.25) is 0 Å². The van der Waals surface area contributed by atoms with E-state index in [2.05, 4.69) is 20.8 Å². The average Bonchev–Trinajstić information content (AvgIpc) is 2.71. The van der Waals surface area contributed by atoms with E-state index in [1.165, 1.54) is 0 Å². The van der Waals surface area contributed by atoms with E-state index >= 15 is 0 Å². The molecular weight excluding hydrogens is 344 g/mol. The Kier molecular flexibility index (Phi) is 5.84. The van der Waals surface area contributed by atoms with Crippen molar-refractivity contribution in [3.05, 3.63) is 66.2 Å². The van der Waals surface area contributed by atoms with Crippen molar-refractivity contribution in [2.75, 3.05) is 24.4 Å². The number of amides is 1. The quantitative estimate of drug-likeness (QED) is 0.662. The lowest BCUT2D eigenvalue weighted by Crippen LogP contribution is -2.13. The van der Waals surface area contributed by atoms with Gasteiger partial charge in [0.15, 0.2) is 11.6 Å². The molecule has 1 amide bonds. The summed E-state index contributed by atoms with van der Waals surface area (Å²) in [6.07, 6.45) is 0. The van der Waals surface area contributed by atoms with E-state index in [9.17, 15) is 4.79 Å². The van der Waals surface area contributed by atoms with Crippen LogP contribution >= 0.6 is 0 Å². The number of rotatable bonds is 7. The van der Waals surface area contributed by atoms with Crippen molar-refractivity contribution in [1.82, 2.24) is 10.2 Å². The van der Waals surface area contributed by atoms with Gasteiger partial charge in [0.25, 0.3) is 5.91 Å². The van der Waals surface area contributed by atoms with Gasteiger partial charge in [0.2, 0.25) is 0 Å². The zero-order valence-electron chi connectivity index (χ0n) is 15.1. The summed E-state index contributed by atoms with van der Waals surface area (Å²) in [5.74, 6) is 2.18. The van der Waals surface area contributed by atoms with Crippen LogP contribution in [0.4, 0.5) is 17.3 Å². The third-order valence-corrected chi connectivity index (χ3v) is 3.70. The van der Waals surface area contributed by atoms with E-state index in [1.807, 2.05) is 31.2 Å². The Morgan fingerprint density at radius 1 is 0.889 bits per heavy atom. The monoisotopic (exact) mass is 364 g/mol. The molecule has 0 unspecified atom stereocenters. The smallest absolute Gasteiger partial charge is 0.256 e. The van der Waals surface area contributed by atoms with Crippen molar-refractivity contribution in [2.24, 2.45) is 0 Å². The van der Waals surface area contributed by atoms with Crippen molar-refractivity contribution in [3.8, 4) is 11.5 Å². The normalized spacial score (nSPS) is 10.1. The maximum Gasteiger partial charge on any atom is 0.256 e. The summed E-state index contributed by atoms with van der Waals surface area (Å²) >= 11 is 0. The lowest BCUT2D eigenvalue weighted by molar-refractivity contribution is 0.102. The largest absolute Gasteiger partial charge is 0.497 e. The van der Waals surface area contributed by atoms with E-state index in [0.29, 0.717) is 29.6 Å². The van der Waals surface area contributed by atoms with E-state index < -0.39 is 0 Å². The first-order chi connectivity index (χ1) is 13.2. The highest BCUT2D eigenvalue weighted by atomic mass is 16.5. The number of methoxy groups -OCH3 is 1. The first kappa shape index (κ1) is 18.2. The minimum absolute atomic E-state index is 0.265. The number of ether oxygens (including phenoxy) is 2. The highest BCUT2D eigenvalue weighted by molar-refractivity contribution is 6.03. The number of nitrogens with one attached hydrogen (secondary N) is 2. The fourth-order valence-corrected chi connectivity index (χ4v) is 2.35. The molecule has 0 saturated carbocycles. The fourth-order valence-electron chi connectivity index (χ4n) is 2.35. The van der Waals surface area contributed by atoms with Crippen LogP contribution in [0.25, 0.3) is 0 Å². The van der Waals surface area contributed by atoms with Crippen LogP contribution in [-0.4, -0.2) is 29.8 Å². The van der Waals surface area contributed by atoms with Crippen LogP contribution in [0.3, 0.4) is 0 Å². The fraction of sp³-hybridized carbons (Fsp3) is 0.150. The Morgan fingerprint density at radius 3 is 2.11 bits per heavy atom. The Hall–Kier alpha value is -3.61. The topological polar surface area (TPSA) is 85.4 Å². The maximum atomic E-state index is 12.2. The summed E-state index contributed by atoms with van der Waals surface area (Å²) in [6.45, 7) is 2.57. The number of carbonyl (C=O) groups is 1. The van der Waals surface area contributed by atoms with Gasteiger partial charge in [-0.05, 0) is 67.6 Å². The molecule has 0 aliphatic heterocycles. The Balaban J connectivity index is 1.60. The first-order valence-corrected chi connectivity index (χ1v) is 8.47. The number of hydrogen-bond acceptors (Lipinski definition) is 6. The molecule has 0 bridgehead atoms. The number of anilines is 3. The lowest BCUT2D eigenvalue weighted by Gasteiger charge is -2.08. The molecule has 0 atom stereocenters. The number of hydrogen-bond donors (Lipinski definition) is 2. The van der Waals surface area contributed by atoms with E-state index in [4.69, 9.17) is 9.47 Å². The summed E-state index contributed by atoms with van der Waals surface area (Å²) < 4.78 is 10.5. The van der Waals surface area contributed by atoms with Crippen molar-refractivity contribution < 1.29 is 14.3 Å². The molecule has 7 nitrogen and oxygen atoms in total. The van der Waals surface area contributed by atoms with Gasteiger partial charge in [-0.2, -0.15) is 0 Å². The molecule has 7 heteroatoms. The molecule has 27 heavy (non-hydrogen) atoms. The third kappa shape index (κ3) is 4.94. The minimum Gasteiger partial charge on any atom is -0.497 e. The van der Waals surface area contributed by atoms with Crippen LogP contribution in [0.1, 0.15) is 17.3 Å². The molecule has 0 fully saturated rings. The predicted octanol–water partition coefficient (Wildman–Crippen LogP) is 3.88. The molecule has 138 valence electrons. The zero-order chi connectivity index (χ0) is 19.1. The van der Waals surface area contributed by atoms with E-state index in [0.717, 1.165) is 11.4 Å². The standard InChI is InChI=1S/C20H20N4O3/c1-3-27-17-10-6-15(7-11-17)21-18-12-13-19(24-23-18)22-20(25)14-4-8-16(26-2)9-5-14/h4-13H,3H2,1-2H3,(H,21,23)(H,22,24,25). The van der Waals surface area contributed by atoms with Crippen LogP contribution in [0.15, 0.2) is 60.7 Å². The number of carbonyl (C=O) groups excluding carboxylic acids is 1. The molecule has 1 aromatic heterocycles. The van der Waals surface area contributed by atoms with Gasteiger partial charge >= 0.3 is 0 Å². The molecule has 1 heterocycles. The van der Waals surface area contributed by atoms with E-state index in [1.54, 1.807) is 43.5 Å². The first-order valence-electron chi connectivity index (χ1n) is 8.47. The second-order valence-corrected chi connectivity index (χ2v) is 5.57. The highest BCUT2D eigenvalue weighted by Crippen LogP contribution is 2.19. The van der Waals surface area contributed by atoms with Gasteiger partial charge < -0.3 is 20.1 Å². The van der Waals surface area contributed by atoms with Crippen LogP contribution < -0.4 is 20.1 Å². The number of nitrogens with zero attached hydrogens (tertiary/aromatic N) is 2. The Morgan fingerprint density at radius 2 is 1.52 bits per heavy atom. The van der Waals surface area contributed by atoms with Gasteiger partial charge in [-0.15, -0.1) is 10.2 Å². The third-order valence-electron chi connectivity index (χ3n) is 3.70. The molecule has 2 aromatic carbocycles. The molecular formula is C20H20N4O3. The summed E-state index contributed by atoms with van der Waals surface area (Å²) in [6, 6.07) is 17.8. The Bertz CT molecular complexity index is 879. The lowest BCUT2D eigenvalue weighted by atomic mass is 10.2. The predicted molar refractivity (Wildman–Crippen MR) is 104 cm³/mol. The van der Waals surface area contributed by atoms with Gasteiger partial charge in [0.05, 0.1) is 13.7 Å². The van der Waals surface area contributed by atoms with Crippen molar-refractivity contribution in [3.63, 3.8) is 0 Å². The highest BCUT2D eigenvalue weighted by Gasteiger charge is 2.08.